The predicted octanol–water partition coefficient (Wildman–Crippen LogP) is 5.56. The molecule has 1 aliphatic carbocycles. The fraction of sp³-hybridized carbons (Fsp3) is 0.150. The third-order valence-electron chi connectivity index (χ3n) is 4.26. The number of hydrogen-bond donors (Lipinski definition) is 0. The fourth-order valence-corrected chi connectivity index (χ4v) is 3.05. The molecule has 1 fully saturated rings. The molecule has 22 heavy (non-hydrogen) atoms. The van der Waals surface area contributed by atoms with Crippen LogP contribution >= 0.6 is 0 Å². The van der Waals surface area contributed by atoms with Crippen LogP contribution in [0, 0.1) is 5.82 Å². The molecule has 0 bridgehead atoms. The largest absolute Gasteiger partial charge is 0.252 e. The molecule has 0 saturated heterocycles. The van der Waals surface area contributed by atoms with Gasteiger partial charge in [-0.1, -0.05) is 43.0 Å². The van der Waals surface area contributed by atoms with Crippen LogP contribution in [0.3, 0.4) is 0 Å². The molecule has 1 aliphatic rings. The van der Waals surface area contributed by atoms with Gasteiger partial charge < -0.3 is 0 Å². The summed E-state index contributed by atoms with van der Waals surface area (Å²) in [6.45, 7) is 4.00. The molecule has 0 aliphatic heterocycles. The van der Waals surface area contributed by atoms with Crippen molar-refractivity contribution in [2.24, 2.45) is 0 Å². The van der Waals surface area contributed by atoms with Gasteiger partial charge in [-0.05, 0) is 36.6 Å². The highest BCUT2D eigenvalue weighted by atomic mass is 19.1. The zero-order valence-corrected chi connectivity index (χ0v) is 12.2. The van der Waals surface area contributed by atoms with Gasteiger partial charge in [0.15, 0.2) is 0 Å². The number of nitrogens with zero attached hydrogens (tertiary/aromatic N) is 1. The lowest BCUT2D eigenvalue weighted by Gasteiger charge is -2.15. The molecular formula is C20H16FN. The lowest BCUT2D eigenvalue weighted by Crippen LogP contribution is -1.97. The summed E-state index contributed by atoms with van der Waals surface area (Å²) >= 11 is 0. The normalized spacial score (nSPS) is 14.2. The summed E-state index contributed by atoms with van der Waals surface area (Å²) < 4.78 is 13.3. The minimum absolute atomic E-state index is 0.218. The first kappa shape index (κ1) is 13.2. The third-order valence-corrected chi connectivity index (χ3v) is 4.26. The predicted molar refractivity (Wildman–Crippen MR) is 89.2 cm³/mol. The Morgan fingerprint density at radius 1 is 1.05 bits per heavy atom. The van der Waals surface area contributed by atoms with Crippen LogP contribution in [0.15, 0.2) is 55.1 Å². The molecule has 0 radical (unpaired) electrons. The standard InChI is InChI=1S/C20H16FN/c1-2-16-19(13-9-11-15(21)12-10-13)17-5-3-4-6-18(17)22-20(16)14-7-8-14/h2-6,9-12,14H,1,7-8H2. The van der Waals surface area contributed by atoms with Gasteiger partial charge in [-0.3, -0.25) is 4.98 Å². The maximum atomic E-state index is 13.3. The first-order chi connectivity index (χ1) is 10.8. The van der Waals surface area contributed by atoms with Crippen LogP contribution in [0.25, 0.3) is 28.1 Å². The first-order valence-electron chi connectivity index (χ1n) is 7.59. The van der Waals surface area contributed by atoms with E-state index < -0.39 is 0 Å². The van der Waals surface area contributed by atoms with Crippen molar-refractivity contribution in [2.75, 3.05) is 0 Å². The Kier molecular flexibility index (Phi) is 3.04. The number of fused-ring (bicyclic) bond motifs is 1. The summed E-state index contributed by atoms with van der Waals surface area (Å²) in [6, 6.07) is 14.8. The van der Waals surface area contributed by atoms with Crippen LogP contribution in [0.4, 0.5) is 4.39 Å². The Balaban J connectivity index is 2.09. The van der Waals surface area contributed by atoms with Crippen molar-refractivity contribution in [3.05, 3.63) is 72.2 Å². The third kappa shape index (κ3) is 2.12. The molecule has 2 aromatic carbocycles. The van der Waals surface area contributed by atoms with Gasteiger partial charge in [0, 0.05) is 22.4 Å². The van der Waals surface area contributed by atoms with Gasteiger partial charge in [0.25, 0.3) is 0 Å². The number of benzene rings is 2. The molecule has 0 amide bonds. The summed E-state index contributed by atoms with van der Waals surface area (Å²) in [6.07, 6.45) is 4.27. The smallest absolute Gasteiger partial charge is 0.123 e. The van der Waals surface area contributed by atoms with Crippen molar-refractivity contribution in [1.82, 2.24) is 4.98 Å². The molecule has 2 heteroatoms. The number of pyridine rings is 1. The number of para-hydroxylation sites is 1. The highest BCUT2D eigenvalue weighted by Crippen LogP contribution is 2.45. The van der Waals surface area contributed by atoms with E-state index in [0.29, 0.717) is 5.92 Å². The molecule has 0 atom stereocenters. The number of hydrogen-bond acceptors (Lipinski definition) is 1. The van der Waals surface area contributed by atoms with E-state index in [4.69, 9.17) is 4.98 Å². The second-order valence-electron chi connectivity index (χ2n) is 5.79. The topological polar surface area (TPSA) is 12.9 Å². The van der Waals surface area contributed by atoms with Gasteiger partial charge in [-0.25, -0.2) is 4.39 Å². The zero-order valence-electron chi connectivity index (χ0n) is 12.2. The zero-order chi connectivity index (χ0) is 15.1. The van der Waals surface area contributed by atoms with Gasteiger partial charge in [-0.15, -0.1) is 0 Å². The highest BCUT2D eigenvalue weighted by molar-refractivity contribution is 5.99. The second kappa shape index (κ2) is 5.06. The van der Waals surface area contributed by atoms with Gasteiger partial charge in [0.2, 0.25) is 0 Å². The molecule has 108 valence electrons. The van der Waals surface area contributed by atoms with Gasteiger partial charge in [0.05, 0.1) is 11.2 Å². The number of halogens is 1. The van der Waals surface area contributed by atoms with Gasteiger partial charge in [0.1, 0.15) is 5.82 Å². The summed E-state index contributed by atoms with van der Waals surface area (Å²) in [7, 11) is 0. The van der Waals surface area contributed by atoms with E-state index in [9.17, 15) is 4.39 Å². The van der Waals surface area contributed by atoms with Crippen molar-refractivity contribution < 1.29 is 4.39 Å². The molecule has 1 saturated carbocycles. The van der Waals surface area contributed by atoms with Crippen LogP contribution in [-0.2, 0) is 0 Å². The summed E-state index contributed by atoms with van der Waals surface area (Å²) in [5.41, 5.74) is 5.34. The maximum Gasteiger partial charge on any atom is 0.123 e. The summed E-state index contributed by atoms with van der Waals surface area (Å²) in [5.74, 6) is 0.321. The van der Waals surface area contributed by atoms with Crippen LogP contribution in [0.5, 0.6) is 0 Å². The van der Waals surface area contributed by atoms with Crippen LogP contribution < -0.4 is 0 Å². The highest BCUT2D eigenvalue weighted by Gasteiger charge is 2.29. The van der Waals surface area contributed by atoms with Gasteiger partial charge in [-0.2, -0.15) is 0 Å². The maximum absolute atomic E-state index is 13.3. The van der Waals surface area contributed by atoms with Crippen LogP contribution in [0.1, 0.15) is 30.0 Å². The van der Waals surface area contributed by atoms with E-state index in [2.05, 4.69) is 12.6 Å². The van der Waals surface area contributed by atoms with E-state index in [-0.39, 0.29) is 5.82 Å². The molecule has 1 heterocycles. The molecular weight excluding hydrogens is 273 g/mol. The SMILES string of the molecule is C=Cc1c(C2CC2)nc2ccccc2c1-c1ccc(F)cc1. The van der Waals surface area contributed by atoms with Crippen molar-refractivity contribution in [3.8, 4) is 11.1 Å². The quantitative estimate of drug-likeness (QED) is 0.615. The average Bonchev–Trinajstić information content (AvgIpc) is 3.39. The van der Waals surface area contributed by atoms with Crippen LogP contribution in [-0.4, -0.2) is 4.98 Å². The lowest BCUT2D eigenvalue weighted by molar-refractivity contribution is 0.628. The van der Waals surface area contributed by atoms with E-state index >= 15 is 0 Å². The molecule has 0 spiro atoms. The Labute approximate surface area is 129 Å². The van der Waals surface area contributed by atoms with E-state index in [1.807, 2.05) is 36.4 Å². The Morgan fingerprint density at radius 3 is 2.45 bits per heavy atom. The molecule has 1 nitrogen and oxygen atoms in total. The van der Waals surface area contributed by atoms with Crippen LogP contribution in [0.2, 0.25) is 0 Å². The number of rotatable bonds is 3. The molecule has 0 N–H and O–H groups in total. The summed E-state index contributed by atoms with van der Waals surface area (Å²) in [5, 5.41) is 1.09. The van der Waals surface area contributed by atoms with Crippen molar-refractivity contribution >= 4 is 17.0 Å². The molecule has 4 rings (SSSR count). The Bertz CT molecular complexity index is 861. The minimum Gasteiger partial charge on any atom is -0.252 e. The Hall–Kier alpha value is -2.48. The second-order valence-corrected chi connectivity index (χ2v) is 5.79. The Morgan fingerprint density at radius 2 is 1.77 bits per heavy atom. The monoisotopic (exact) mass is 289 g/mol. The minimum atomic E-state index is -0.218. The van der Waals surface area contributed by atoms with E-state index in [0.717, 1.165) is 33.3 Å². The molecule has 0 unspecified atom stereocenters. The lowest BCUT2D eigenvalue weighted by atomic mass is 9.93. The van der Waals surface area contributed by atoms with Crippen molar-refractivity contribution in [2.45, 2.75) is 18.8 Å². The fourth-order valence-electron chi connectivity index (χ4n) is 3.05. The van der Waals surface area contributed by atoms with E-state index in [1.165, 1.54) is 25.0 Å². The molecule has 3 aromatic rings. The average molecular weight is 289 g/mol. The molecule has 1 aromatic heterocycles. The van der Waals surface area contributed by atoms with Crippen molar-refractivity contribution in [3.63, 3.8) is 0 Å². The first-order valence-corrected chi connectivity index (χ1v) is 7.59. The van der Waals surface area contributed by atoms with Crippen molar-refractivity contribution in [1.29, 1.82) is 0 Å². The summed E-state index contributed by atoms with van der Waals surface area (Å²) in [4.78, 5) is 4.87. The van der Waals surface area contributed by atoms with E-state index in [1.54, 1.807) is 0 Å². The number of aromatic nitrogens is 1. The van der Waals surface area contributed by atoms with Gasteiger partial charge >= 0.3 is 0 Å².